The van der Waals surface area contributed by atoms with E-state index in [0.717, 1.165) is 0 Å². The zero-order valence-electron chi connectivity index (χ0n) is 15.3. The Morgan fingerprint density at radius 2 is 1.79 bits per heavy atom. The molecule has 4 aromatic rings. The number of aromatic nitrogens is 4. The maximum atomic E-state index is 12.0. The van der Waals surface area contributed by atoms with E-state index in [1.807, 2.05) is 18.2 Å². The number of nitrogens with one attached hydrogen (secondary N) is 1. The maximum absolute atomic E-state index is 12.0. The van der Waals surface area contributed by atoms with Crippen LogP contribution in [0.15, 0.2) is 85.5 Å². The van der Waals surface area contributed by atoms with E-state index in [4.69, 9.17) is 9.47 Å². The van der Waals surface area contributed by atoms with Crippen LogP contribution in [0.5, 0.6) is 17.4 Å². The molecule has 0 aliphatic carbocycles. The highest BCUT2D eigenvalue weighted by Crippen LogP contribution is 2.22. The molecule has 0 saturated carbocycles. The molecule has 0 radical (unpaired) electrons. The van der Waals surface area contributed by atoms with Gasteiger partial charge in [0.15, 0.2) is 12.4 Å². The molecule has 8 nitrogen and oxygen atoms in total. The van der Waals surface area contributed by atoms with Gasteiger partial charge in [-0.05, 0) is 42.5 Å². The van der Waals surface area contributed by atoms with Gasteiger partial charge in [-0.25, -0.2) is 14.6 Å². The molecule has 0 aliphatic heterocycles. The first-order chi connectivity index (χ1) is 14.3. The van der Waals surface area contributed by atoms with Crippen molar-refractivity contribution >= 4 is 11.6 Å². The van der Waals surface area contributed by atoms with Gasteiger partial charge in [-0.2, -0.15) is 5.10 Å². The summed E-state index contributed by atoms with van der Waals surface area (Å²) in [6.45, 7) is -0.0700. The third-order valence-electron chi connectivity index (χ3n) is 3.84. The third-order valence-corrected chi connectivity index (χ3v) is 3.84. The molecular weight excluding hydrogens is 370 g/mol. The fraction of sp³-hybridized carbons (Fsp3) is 0.0476. The topological polar surface area (TPSA) is 91.2 Å². The summed E-state index contributed by atoms with van der Waals surface area (Å²) < 4.78 is 12.8. The SMILES string of the molecule is O=C(COc1ccccc1)Nc1ccc(Oc2cc(-n3cccn3)ncn2)cc1. The summed E-state index contributed by atoms with van der Waals surface area (Å²) in [4.78, 5) is 20.3. The van der Waals surface area contributed by atoms with Gasteiger partial charge in [0.05, 0.1) is 0 Å². The zero-order valence-corrected chi connectivity index (χ0v) is 15.3. The van der Waals surface area contributed by atoms with Gasteiger partial charge < -0.3 is 14.8 Å². The average molecular weight is 387 g/mol. The summed E-state index contributed by atoms with van der Waals surface area (Å²) in [5.41, 5.74) is 0.638. The molecule has 4 rings (SSSR count). The Labute approximate surface area is 166 Å². The number of amides is 1. The number of carbonyl (C=O) groups excluding carboxylic acids is 1. The van der Waals surface area contributed by atoms with Crippen molar-refractivity contribution in [2.45, 2.75) is 0 Å². The molecule has 2 heterocycles. The number of para-hydroxylation sites is 1. The quantitative estimate of drug-likeness (QED) is 0.522. The standard InChI is InChI=1S/C21H17N5O3/c27-20(14-28-17-5-2-1-3-6-17)25-16-7-9-18(10-8-16)29-21-13-19(22-15-23-21)26-12-4-11-24-26/h1-13,15H,14H2,(H,25,27). The van der Waals surface area contributed by atoms with Gasteiger partial charge in [-0.3, -0.25) is 4.79 Å². The molecular formula is C21H17N5O3. The molecule has 2 aromatic heterocycles. The van der Waals surface area contributed by atoms with Crippen LogP contribution in [0.1, 0.15) is 0 Å². The molecule has 0 atom stereocenters. The van der Waals surface area contributed by atoms with Crippen molar-refractivity contribution in [3.63, 3.8) is 0 Å². The van der Waals surface area contributed by atoms with E-state index in [9.17, 15) is 4.79 Å². The van der Waals surface area contributed by atoms with Gasteiger partial charge in [0, 0.05) is 24.1 Å². The van der Waals surface area contributed by atoms with Gasteiger partial charge in [0.1, 0.15) is 17.8 Å². The summed E-state index contributed by atoms with van der Waals surface area (Å²) >= 11 is 0. The van der Waals surface area contributed by atoms with Gasteiger partial charge in [0.2, 0.25) is 5.88 Å². The lowest BCUT2D eigenvalue weighted by molar-refractivity contribution is -0.118. The molecule has 0 fully saturated rings. The van der Waals surface area contributed by atoms with Crippen molar-refractivity contribution in [1.82, 2.24) is 19.7 Å². The Kier molecular flexibility index (Phi) is 5.43. The number of hydrogen-bond acceptors (Lipinski definition) is 6. The van der Waals surface area contributed by atoms with E-state index < -0.39 is 0 Å². The minimum Gasteiger partial charge on any atom is -0.484 e. The van der Waals surface area contributed by atoms with Crippen molar-refractivity contribution in [2.75, 3.05) is 11.9 Å². The predicted octanol–water partition coefficient (Wildman–Crippen LogP) is 3.47. The van der Waals surface area contributed by atoms with Crippen molar-refractivity contribution in [3.05, 3.63) is 85.5 Å². The van der Waals surface area contributed by atoms with E-state index in [1.165, 1.54) is 6.33 Å². The number of anilines is 1. The first-order valence-electron chi connectivity index (χ1n) is 8.84. The summed E-state index contributed by atoms with van der Waals surface area (Å²) in [5.74, 6) is 1.96. The molecule has 1 amide bonds. The first-order valence-corrected chi connectivity index (χ1v) is 8.84. The van der Waals surface area contributed by atoms with Gasteiger partial charge >= 0.3 is 0 Å². The lowest BCUT2D eigenvalue weighted by atomic mass is 10.3. The second kappa shape index (κ2) is 8.66. The normalized spacial score (nSPS) is 10.3. The van der Waals surface area contributed by atoms with Gasteiger partial charge in [0.25, 0.3) is 5.91 Å². The fourth-order valence-corrected chi connectivity index (χ4v) is 2.51. The summed E-state index contributed by atoms with van der Waals surface area (Å²) in [5, 5.41) is 6.90. The van der Waals surface area contributed by atoms with Crippen molar-refractivity contribution in [2.24, 2.45) is 0 Å². The summed E-state index contributed by atoms with van der Waals surface area (Å²) in [6, 6.07) is 19.6. The fourth-order valence-electron chi connectivity index (χ4n) is 2.51. The maximum Gasteiger partial charge on any atom is 0.262 e. The molecule has 29 heavy (non-hydrogen) atoms. The predicted molar refractivity (Wildman–Crippen MR) is 106 cm³/mol. The highest BCUT2D eigenvalue weighted by Gasteiger charge is 2.06. The number of hydrogen-bond donors (Lipinski definition) is 1. The van der Waals surface area contributed by atoms with Crippen molar-refractivity contribution < 1.29 is 14.3 Å². The molecule has 0 saturated heterocycles. The van der Waals surface area contributed by atoms with Gasteiger partial charge in [-0.1, -0.05) is 18.2 Å². The van der Waals surface area contributed by atoms with Crippen molar-refractivity contribution in [1.29, 1.82) is 0 Å². The molecule has 0 aliphatic rings. The minimum absolute atomic E-state index is 0.0700. The number of benzene rings is 2. The average Bonchev–Trinajstić information content (AvgIpc) is 3.30. The molecule has 1 N–H and O–H groups in total. The molecule has 2 aromatic carbocycles. The third kappa shape index (κ3) is 4.95. The number of carbonyl (C=O) groups is 1. The van der Waals surface area contributed by atoms with Crippen molar-refractivity contribution in [3.8, 4) is 23.2 Å². The second-order valence-electron chi connectivity index (χ2n) is 5.94. The highest BCUT2D eigenvalue weighted by atomic mass is 16.5. The molecule has 0 spiro atoms. The van der Waals surface area contributed by atoms with Crippen LogP contribution < -0.4 is 14.8 Å². The van der Waals surface area contributed by atoms with Crippen LogP contribution >= 0.6 is 0 Å². The van der Waals surface area contributed by atoms with E-state index in [1.54, 1.807) is 65.6 Å². The van der Waals surface area contributed by atoms with Crippen LogP contribution in [0.4, 0.5) is 5.69 Å². The Bertz CT molecular complexity index is 1070. The zero-order chi connectivity index (χ0) is 19.9. The smallest absolute Gasteiger partial charge is 0.262 e. The molecule has 0 unspecified atom stereocenters. The van der Waals surface area contributed by atoms with E-state index in [0.29, 0.717) is 28.9 Å². The van der Waals surface area contributed by atoms with Crippen LogP contribution in [-0.2, 0) is 4.79 Å². The second-order valence-corrected chi connectivity index (χ2v) is 5.94. The number of ether oxygens (including phenoxy) is 2. The lowest BCUT2D eigenvalue weighted by Crippen LogP contribution is -2.20. The largest absolute Gasteiger partial charge is 0.484 e. The molecule has 0 bridgehead atoms. The first kappa shape index (κ1) is 18.2. The lowest BCUT2D eigenvalue weighted by Gasteiger charge is -2.09. The Morgan fingerprint density at radius 1 is 0.966 bits per heavy atom. The molecule has 8 heteroatoms. The van der Waals surface area contributed by atoms with Crippen LogP contribution in [0.3, 0.4) is 0 Å². The Hall–Kier alpha value is -4.20. The Morgan fingerprint density at radius 3 is 2.55 bits per heavy atom. The monoisotopic (exact) mass is 387 g/mol. The van der Waals surface area contributed by atoms with E-state index >= 15 is 0 Å². The Balaban J connectivity index is 1.33. The number of rotatable bonds is 7. The van der Waals surface area contributed by atoms with Crippen LogP contribution in [0, 0.1) is 0 Å². The van der Waals surface area contributed by atoms with E-state index in [2.05, 4.69) is 20.4 Å². The minimum atomic E-state index is -0.248. The van der Waals surface area contributed by atoms with Crippen LogP contribution in [0.25, 0.3) is 5.82 Å². The summed E-state index contributed by atoms with van der Waals surface area (Å²) in [7, 11) is 0. The number of nitrogens with zero attached hydrogens (tertiary/aromatic N) is 4. The van der Waals surface area contributed by atoms with E-state index in [-0.39, 0.29) is 12.5 Å². The van der Waals surface area contributed by atoms with Crippen LogP contribution in [-0.4, -0.2) is 32.3 Å². The van der Waals surface area contributed by atoms with Gasteiger partial charge in [-0.15, -0.1) is 0 Å². The molecule has 144 valence electrons. The highest BCUT2D eigenvalue weighted by molar-refractivity contribution is 5.91. The summed E-state index contributed by atoms with van der Waals surface area (Å²) in [6.07, 6.45) is 4.86. The van der Waals surface area contributed by atoms with Crippen LogP contribution in [0.2, 0.25) is 0 Å².